The third kappa shape index (κ3) is 40.0. The van der Waals surface area contributed by atoms with Crippen LogP contribution in [0.5, 0.6) is 0 Å². The molecule has 0 saturated heterocycles. The molecule has 0 amide bonds. The van der Waals surface area contributed by atoms with E-state index < -0.39 is 32.5 Å². The Labute approximate surface area is 316 Å². The van der Waals surface area contributed by atoms with Gasteiger partial charge in [-0.2, -0.15) is 0 Å². The molecule has 0 bridgehead atoms. The van der Waals surface area contributed by atoms with E-state index in [0.29, 0.717) is 12.8 Å². The predicted octanol–water partition coefficient (Wildman–Crippen LogP) is 12.1. The van der Waals surface area contributed by atoms with Gasteiger partial charge < -0.3 is 19.3 Å². The number of carbonyl (C=O) groups excluding carboxylic acids is 2. The lowest BCUT2D eigenvalue weighted by Crippen LogP contribution is -2.29. The van der Waals surface area contributed by atoms with E-state index in [0.717, 1.165) is 96.3 Å². The summed E-state index contributed by atoms with van der Waals surface area (Å²) in [5.41, 5.74) is 0. The van der Waals surface area contributed by atoms with E-state index in [4.69, 9.17) is 19.3 Å². The maximum Gasteiger partial charge on any atom is 0.469 e. The molecule has 0 saturated carbocycles. The van der Waals surface area contributed by atoms with Crippen LogP contribution in [-0.4, -0.2) is 41.0 Å². The number of ether oxygens (including phenoxy) is 2. The monoisotopic (exact) mass is 746 g/mol. The van der Waals surface area contributed by atoms with Crippen molar-refractivity contribution in [2.24, 2.45) is 0 Å². The van der Waals surface area contributed by atoms with Crippen molar-refractivity contribution in [3.63, 3.8) is 0 Å². The van der Waals surface area contributed by atoms with Crippen LogP contribution in [-0.2, 0) is 28.2 Å². The molecule has 0 aliphatic rings. The molecule has 0 aliphatic heterocycles. The second-order valence-corrected chi connectivity index (χ2v) is 14.1. The van der Waals surface area contributed by atoms with Crippen molar-refractivity contribution in [2.45, 2.75) is 161 Å². The molecule has 8 nitrogen and oxygen atoms in total. The number of phosphoric acid groups is 1. The first-order valence-corrected chi connectivity index (χ1v) is 21.4. The average molecular weight is 747 g/mol. The molecule has 0 aromatic rings. The Kier molecular flexibility index (Phi) is 35.9. The van der Waals surface area contributed by atoms with Gasteiger partial charge in [-0.25, -0.2) is 4.57 Å². The van der Waals surface area contributed by atoms with Crippen LogP contribution in [0.25, 0.3) is 0 Å². The highest BCUT2D eigenvalue weighted by Gasteiger charge is 2.22. The molecule has 0 aromatic heterocycles. The highest BCUT2D eigenvalue weighted by molar-refractivity contribution is 7.46. The lowest BCUT2D eigenvalue weighted by Gasteiger charge is -2.18. The van der Waals surface area contributed by atoms with Gasteiger partial charge in [-0.1, -0.05) is 144 Å². The molecule has 1 unspecified atom stereocenters. The Balaban J connectivity index is 4.02. The molecule has 9 heteroatoms. The van der Waals surface area contributed by atoms with Crippen molar-refractivity contribution in [1.82, 2.24) is 0 Å². The number of phosphoric ester groups is 1. The topological polar surface area (TPSA) is 119 Å². The number of hydrogen-bond donors (Lipinski definition) is 2. The second-order valence-electron chi connectivity index (χ2n) is 12.8. The zero-order valence-corrected chi connectivity index (χ0v) is 33.3. The van der Waals surface area contributed by atoms with E-state index in [1.807, 2.05) is 0 Å². The van der Waals surface area contributed by atoms with Gasteiger partial charge in [-0.3, -0.25) is 14.1 Å². The summed E-state index contributed by atoms with van der Waals surface area (Å²) < 4.78 is 26.3. The Bertz CT molecular complexity index is 1110. The number of esters is 2. The first-order valence-electron chi connectivity index (χ1n) is 19.9. The number of carbonyl (C=O) groups is 2. The lowest BCUT2D eigenvalue weighted by atomic mass is 10.1. The van der Waals surface area contributed by atoms with Crippen LogP contribution in [0.2, 0.25) is 0 Å². The van der Waals surface area contributed by atoms with E-state index in [9.17, 15) is 14.2 Å². The molecule has 0 fully saturated rings. The molecular weight excluding hydrogens is 675 g/mol. The molecule has 52 heavy (non-hydrogen) atoms. The maximum absolute atomic E-state index is 12.4. The minimum absolute atomic E-state index is 0.177. The third-order valence-corrected chi connectivity index (χ3v) is 8.39. The highest BCUT2D eigenvalue weighted by atomic mass is 31.2. The van der Waals surface area contributed by atoms with Crippen molar-refractivity contribution in [1.29, 1.82) is 0 Å². The lowest BCUT2D eigenvalue weighted by molar-refractivity contribution is -0.161. The van der Waals surface area contributed by atoms with Crippen LogP contribution in [0.1, 0.15) is 155 Å². The third-order valence-electron chi connectivity index (χ3n) is 7.91. The van der Waals surface area contributed by atoms with Crippen molar-refractivity contribution in [2.75, 3.05) is 13.2 Å². The fraction of sp³-hybridized carbons (Fsp3) is 0.628. The van der Waals surface area contributed by atoms with Gasteiger partial charge in [0, 0.05) is 12.8 Å². The zero-order valence-electron chi connectivity index (χ0n) is 32.4. The van der Waals surface area contributed by atoms with Crippen LogP contribution in [0.15, 0.2) is 85.1 Å². The van der Waals surface area contributed by atoms with Crippen molar-refractivity contribution >= 4 is 19.8 Å². The Morgan fingerprint density at radius 3 is 1.29 bits per heavy atom. The first kappa shape index (κ1) is 49.2. The predicted molar refractivity (Wildman–Crippen MR) is 216 cm³/mol. The number of rotatable bonds is 35. The molecule has 0 aliphatic carbocycles. The SMILES string of the molecule is CC/C=C\C/C=C\C/C=C\C/C=C\CCCCCCC(=O)OC(COC(=O)CCCCCCCCC/C=C\C/C=C\C/C=C\CC)COP(=O)(O)O. The highest BCUT2D eigenvalue weighted by Crippen LogP contribution is 2.36. The smallest absolute Gasteiger partial charge is 0.462 e. The van der Waals surface area contributed by atoms with Gasteiger partial charge in [0.1, 0.15) is 6.61 Å². The fourth-order valence-corrected chi connectivity index (χ4v) is 5.38. The van der Waals surface area contributed by atoms with Gasteiger partial charge in [0.05, 0.1) is 6.61 Å². The quantitative estimate of drug-likeness (QED) is 0.0285. The van der Waals surface area contributed by atoms with Gasteiger partial charge in [0.15, 0.2) is 6.10 Å². The van der Waals surface area contributed by atoms with E-state index >= 15 is 0 Å². The van der Waals surface area contributed by atoms with Crippen LogP contribution in [0, 0.1) is 0 Å². The molecule has 296 valence electrons. The summed E-state index contributed by atoms with van der Waals surface area (Å²) in [6.07, 6.45) is 50.1. The summed E-state index contributed by atoms with van der Waals surface area (Å²) in [7, 11) is -4.77. The largest absolute Gasteiger partial charge is 0.469 e. The van der Waals surface area contributed by atoms with Crippen LogP contribution in [0.3, 0.4) is 0 Å². The van der Waals surface area contributed by atoms with Crippen LogP contribution >= 0.6 is 7.82 Å². The summed E-state index contributed by atoms with van der Waals surface area (Å²) >= 11 is 0. The van der Waals surface area contributed by atoms with Crippen LogP contribution in [0.4, 0.5) is 0 Å². The number of unbranched alkanes of at least 4 members (excludes halogenated alkanes) is 11. The zero-order chi connectivity index (χ0) is 38.2. The average Bonchev–Trinajstić information content (AvgIpc) is 3.11. The number of allylic oxidation sites excluding steroid dienone is 14. The van der Waals surface area contributed by atoms with Gasteiger partial charge in [0.2, 0.25) is 0 Å². The molecule has 0 spiro atoms. The van der Waals surface area contributed by atoms with E-state index in [1.54, 1.807) is 0 Å². The molecule has 0 rings (SSSR count). The first-order chi connectivity index (χ1) is 25.3. The molecule has 0 aromatic carbocycles. The second kappa shape index (κ2) is 38.0. The summed E-state index contributed by atoms with van der Waals surface area (Å²) in [6.45, 7) is 3.42. The number of hydrogen-bond acceptors (Lipinski definition) is 6. The molecule has 0 radical (unpaired) electrons. The standard InChI is InChI=1S/C43H71O8P/c1-3-5-7-9-11-13-15-17-19-21-23-25-27-29-31-33-35-37-42(44)49-39-41(40-50-52(46,47)48)51-43(45)38-36-34-32-30-28-26-24-22-20-18-16-14-12-10-8-6-4-2/h5-8,11-14,17-20,24,26,41H,3-4,9-10,15-16,21-23,25,27-40H2,1-2H3,(H2,46,47,48)/b7-5-,8-6-,13-11-,14-12-,19-17-,20-18-,26-24-. The molecule has 0 heterocycles. The minimum atomic E-state index is -4.77. The summed E-state index contributed by atoms with van der Waals surface area (Å²) in [4.78, 5) is 42.8. The van der Waals surface area contributed by atoms with Gasteiger partial charge >= 0.3 is 19.8 Å². The van der Waals surface area contributed by atoms with Gasteiger partial charge in [0.25, 0.3) is 0 Å². The Morgan fingerprint density at radius 1 is 0.500 bits per heavy atom. The summed E-state index contributed by atoms with van der Waals surface area (Å²) in [5, 5.41) is 0. The fourth-order valence-electron chi connectivity index (χ4n) is 5.02. The van der Waals surface area contributed by atoms with Crippen molar-refractivity contribution in [3.8, 4) is 0 Å². The van der Waals surface area contributed by atoms with Crippen molar-refractivity contribution < 1.29 is 37.9 Å². The van der Waals surface area contributed by atoms with Crippen LogP contribution < -0.4 is 0 Å². The Hall–Kier alpha value is -2.77. The van der Waals surface area contributed by atoms with Gasteiger partial charge in [-0.15, -0.1) is 0 Å². The minimum Gasteiger partial charge on any atom is -0.462 e. The maximum atomic E-state index is 12.4. The molecule has 2 N–H and O–H groups in total. The van der Waals surface area contributed by atoms with E-state index in [2.05, 4.69) is 103 Å². The van der Waals surface area contributed by atoms with Crippen molar-refractivity contribution in [3.05, 3.63) is 85.1 Å². The molecule has 1 atom stereocenters. The van der Waals surface area contributed by atoms with E-state index in [1.165, 1.54) is 19.3 Å². The summed E-state index contributed by atoms with van der Waals surface area (Å²) in [5.74, 6) is -0.932. The summed E-state index contributed by atoms with van der Waals surface area (Å²) in [6, 6.07) is 0. The Morgan fingerprint density at radius 2 is 0.865 bits per heavy atom. The normalized spacial score (nSPS) is 13.4. The molecular formula is C43H71O8P. The van der Waals surface area contributed by atoms with E-state index in [-0.39, 0.29) is 19.4 Å². The van der Waals surface area contributed by atoms with Gasteiger partial charge in [-0.05, 0) is 83.5 Å².